The van der Waals surface area contributed by atoms with Crippen molar-refractivity contribution in [3.63, 3.8) is 0 Å². The van der Waals surface area contributed by atoms with Crippen LogP contribution < -0.4 is 0 Å². The molecule has 0 spiro atoms. The Morgan fingerprint density at radius 3 is 2.36 bits per heavy atom. The summed E-state index contributed by atoms with van der Waals surface area (Å²) in [6, 6.07) is 0.457. The average molecular weight is 158 g/mol. The molecule has 11 heavy (non-hydrogen) atoms. The second-order valence-electron chi connectivity index (χ2n) is 3.05. The minimum atomic E-state index is -0.0466. The highest BCUT2D eigenvalue weighted by Gasteiger charge is 2.09. The molecule has 0 aromatic rings. The number of hydrogen-bond acceptors (Lipinski definition) is 1. The summed E-state index contributed by atoms with van der Waals surface area (Å²) < 4.78 is 0. The SMILES string of the molecule is CCCCN(C[O])C(C)CC. The van der Waals surface area contributed by atoms with E-state index in [-0.39, 0.29) is 6.73 Å². The molecule has 0 aliphatic carbocycles. The highest BCUT2D eigenvalue weighted by Crippen LogP contribution is 2.03. The first kappa shape index (κ1) is 10.9. The molecule has 0 aromatic heterocycles. The lowest BCUT2D eigenvalue weighted by Crippen LogP contribution is -2.33. The van der Waals surface area contributed by atoms with Crippen LogP contribution in [0.3, 0.4) is 0 Å². The summed E-state index contributed by atoms with van der Waals surface area (Å²) in [7, 11) is 0. The van der Waals surface area contributed by atoms with Gasteiger partial charge in [-0.2, -0.15) is 0 Å². The zero-order valence-electron chi connectivity index (χ0n) is 7.97. The lowest BCUT2D eigenvalue weighted by molar-refractivity contribution is 0.0242. The van der Waals surface area contributed by atoms with E-state index in [0.717, 1.165) is 19.4 Å². The van der Waals surface area contributed by atoms with Gasteiger partial charge in [0.2, 0.25) is 0 Å². The van der Waals surface area contributed by atoms with E-state index in [0.29, 0.717) is 6.04 Å². The van der Waals surface area contributed by atoms with Crippen LogP contribution in [-0.4, -0.2) is 24.2 Å². The quantitative estimate of drug-likeness (QED) is 0.544. The predicted molar refractivity (Wildman–Crippen MR) is 46.9 cm³/mol. The summed E-state index contributed by atoms with van der Waals surface area (Å²) in [4.78, 5) is 2.00. The van der Waals surface area contributed by atoms with Crippen molar-refractivity contribution >= 4 is 0 Å². The van der Waals surface area contributed by atoms with Crippen molar-refractivity contribution < 1.29 is 5.11 Å². The maximum Gasteiger partial charge on any atom is 0.135 e. The van der Waals surface area contributed by atoms with Crippen molar-refractivity contribution in [1.29, 1.82) is 0 Å². The molecule has 0 heterocycles. The first-order valence-corrected chi connectivity index (χ1v) is 4.58. The summed E-state index contributed by atoms with van der Waals surface area (Å²) >= 11 is 0. The van der Waals surface area contributed by atoms with Crippen molar-refractivity contribution in [1.82, 2.24) is 4.90 Å². The van der Waals surface area contributed by atoms with Crippen LogP contribution in [-0.2, 0) is 5.11 Å². The van der Waals surface area contributed by atoms with Gasteiger partial charge in [0.1, 0.15) is 6.73 Å². The molecule has 0 fully saturated rings. The third-order valence-corrected chi connectivity index (χ3v) is 2.18. The lowest BCUT2D eigenvalue weighted by atomic mass is 10.2. The van der Waals surface area contributed by atoms with E-state index in [4.69, 9.17) is 0 Å². The Morgan fingerprint density at radius 1 is 1.36 bits per heavy atom. The smallest absolute Gasteiger partial charge is 0.135 e. The van der Waals surface area contributed by atoms with E-state index in [1.54, 1.807) is 0 Å². The molecule has 1 atom stereocenters. The van der Waals surface area contributed by atoms with Gasteiger partial charge in [0, 0.05) is 12.6 Å². The van der Waals surface area contributed by atoms with E-state index in [1.165, 1.54) is 6.42 Å². The molecule has 1 unspecified atom stereocenters. The van der Waals surface area contributed by atoms with Gasteiger partial charge in [-0.3, -0.25) is 4.90 Å². The summed E-state index contributed by atoms with van der Waals surface area (Å²) in [5, 5.41) is 10.7. The Kier molecular flexibility index (Phi) is 6.57. The molecule has 2 nitrogen and oxygen atoms in total. The van der Waals surface area contributed by atoms with Crippen LogP contribution >= 0.6 is 0 Å². The summed E-state index contributed by atoms with van der Waals surface area (Å²) in [6.07, 6.45) is 3.39. The van der Waals surface area contributed by atoms with Crippen LogP contribution in [0.1, 0.15) is 40.0 Å². The van der Waals surface area contributed by atoms with Gasteiger partial charge in [-0.25, -0.2) is 5.11 Å². The molecule has 0 N–H and O–H groups in total. The number of nitrogens with zero attached hydrogens (tertiary/aromatic N) is 1. The number of rotatable bonds is 6. The van der Waals surface area contributed by atoms with E-state index in [2.05, 4.69) is 20.8 Å². The first-order valence-electron chi connectivity index (χ1n) is 4.58. The van der Waals surface area contributed by atoms with Crippen LogP contribution in [0.5, 0.6) is 0 Å². The fraction of sp³-hybridized carbons (Fsp3) is 1.00. The molecule has 0 aliphatic rings. The van der Waals surface area contributed by atoms with Crippen molar-refractivity contribution in [3.05, 3.63) is 0 Å². The fourth-order valence-electron chi connectivity index (χ4n) is 1.03. The minimum Gasteiger partial charge on any atom is -0.276 e. The van der Waals surface area contributed by atoms with Crippen molar-refractivity contribution in [2.24, 2.45) is 0 Å². The van der Waals surface area contributed by atoms with Crippen molar-refractivity contribution in [2.75, 3.05) is 13.3 Å². The van der Waals surface area contributed by atoms with Crippen LogP contribution in [0.15, 0.2) is 0 Å². The Hall–Kier alpha value is -0.0800. The third kappa shape index (κ3) is 4.38. The number of unbranched alkanes of at least 4 members (excludes halogenated alkanes) is 1. The standard InChI is InChI=1S/C9H20NO/c1-4-6-7-10(8-11)9(3)5-2/h9H,4-8H2,1-3H3. The van der Waals surface area contributed by atoms with E-state index >= 15 is 0 Å². The average Bonchev–Trinajstić information content (AvgIpc) is 2.05. The minimum absolute atomic E-state index is 0.0466. The molecule has 0 bridgehead atoms. The Morgan fingerprint density at radius 2 is 2.00 bits per heavy atom. The zero-order valence-corrected chi connectivity index (χ0v) is 7.97. The second kappa shape index (κ2) is 6.62. The highest BCUT2D eigenvalue weighted by atomic mass is 16.3. The summed E-state index contributed by atoms with van der Waals surface area (Å²) in [5.41, 5.74) is 0. The van der Waals surface area contributed by atoms with Crippen LogP contribution in [0.25, 0.3) is 0 Å². The van der Waals surface area contributed by atoms with Crippen LogP contribution in [0, 0.1) is 0 Å². The van der Waals surface area contributed by atoms with E-state index < -0.39 is 0 Å². The molecule has 0 rings (SSSR count). The second-order valence-corrected chi connectivity index (χ2v) is 3.05. The Balaban J connectivity index is 3.56. The summed E-state index contributed by atoms with van der Waals surface area (Å²) in [6.45, 7) is 7.32. The monoisotopic (exact) mass is 158 g/mol. The molecule has 0 saturated heterocycles. The van der Waals surface area contributed by atoms with Gasteiger partial charge < -0.3 is 0 Å². The zero-order chi connectivity index (χ0) is 8.69. The molecule has 0 aromatic carbocycles. The molecule has 1 radical (unpaired) electrons. The van der Waals surface area contributed by atoms with Gasteiger partial charge in [-0.15, -0.1) is 0 Å². The fourth-order valence-corrected chi connectivity index (χ4v) is 1.03. The summed E-state index contributed by atoms with van der Waals surface area (Å²) in [5.74, 6) is 0. The first-order chi connectivity index (χ1) is 5.26. The normalized spacial score (nSPS) is 13.9. The third-order valence-electron chi connectivity index (χ3n) is 2.18. The van der Waals surface area contributed by atoms with Gasteiger partial charge in [0.25, 0.3) is 0 Å². The molecule has 0 aliphatic heterocycles. The maximum atomic E-state index is 10.7. The predicted octanol–water partition coefficient (Wildman–Crippen LogP) is 2.28. The van der Waals surface area contributed by atoms with Gasteiger partial charge in [0.15, 0.2) is 0 Å². The highest BCUT2D eigenvalue weighted by molar-refractivity contribution is 4.61. The van der Waals surface area contributed by atoms with Crippen LogP contribution in [0.2, 0.25) is 0 Å². The van der Waals surface area contributed by atoms with E-state index in [1.807, 2.05) is 4.90 Å². The molecular formula is C9H20NO. The Labute approximate surface area is 70.2 Å². The van der Waals surface area contributed by atoms with Crippen molar-refractivity contribution in [3.8, 4) is 0 Å². The molecule has 2 heteroatoms. The topological polar surface area (TPSA) is 23.1 Å². The van der Waals surface area contributed by atoms with Gasteiger partial charge >= 0.3 is 0 Å². The van der Waals surface area contributed by atoms with Crippen molar-refractivity contribution in [2.45, 2.75) is 46.1 Å². The lowest BCUT2D eigenvalue weighted by Gasteiger charge is -2.24. The van der Waals surface area contributed by atoms with E-state index in [9.17, 15) is 5.11 Å². The Bertz CT molecular complexity index is 85.6. The molecular weight excluding hydrogens is 138 g/mol. The largest absolute Gasteiger partial charge is 0.276 e. The van der Waals surface area contributed by atoms with Gasteiger partial charge in [-0.05, 0) is 19.8 Å². The number of hydrogen-bond donors (Lipinski definition) is 0. The van der Waals surface area contributed by atoms with Crippen LogP contribution in [0.4, 0.5) is 0 Å². The maximum absolute atomic E-state index is 10.7. The van der Waals surface area contributed by atoms with Gasteiger partial charge in [0.05, 0.1) is 0 Å². The molecule has 0 amide bonds. The molecule has 67 valence electrons. The van der Waals surface area contributed by atoms with Gasteiger partial charge in [-0.1, -0.05) is 20.3 Å². The molecule has 0 saturated carbocycles.